The zero-order valence-corrected chi connectivity index (χ0v) is 11.0. The van der Waals surface area contributed by atoms with Gasteiger partial charge in [-0.3, -0.25) is 4.79 Å². The van der Waals surface area contributed by atoms with Crippen molar-refractivity contribution in [3.63, 3.8) is 0 Å². The van der Waals surface area contributed by atoms with Crippen molar-refractivity contribution in [2.24, 2.45) is 0 Å². The molecule has 3 rings (SSSR count). The number of hydrogen-bond acceptors (Lipinski definition) is 4. The molecule has 3 aromatic rings. The van der Waals surface area contributed by atoms with Gasteiger partial charge in [-0.05, 0) is 18.2 Å². The van der Waals surface area contributed by atoms with Gasteiger partial charge in [0.1, 0.15) is 11.6 Å². The van der Waals surface area contributed by atoms with Crippen molar-refractivity contribution in [2.75, 3.05) is 0 Å². The Morgan fingerprint density at radius 2 is 2.00 bits per heavy atom. The van der Waals surface area contributed by atoms with E-state index in [9.17, 15) is 9.18 Å². The molecule has 0 unspecified atom stereocenters. The maximum Gasteiger partial charge on any atom is 0.301 e. The zero-order chi connectivity index (χ0) is 13.4. The highest BCUT2D eigenvalue weighted by atomic mass is 79.9. The van der Waals surface area contributed by atoms with Crippen LogP contribution in [0.4, 0.5) is 4.39 Å². The van der Waals surface area contributed by atoms with Crippen LogP contribution in [-0.4, -0.2) is 19.9 Å². The Labute approximate surface area is 114 Å². The first-order chi connectivity index (χ1) is 9.15. The van der Waals surface area contributed by atoms with Crippen LogP contribution in [0.3, 0.4) is 0 Å². The third-order valence-electron chi connectivity index (χ3n) is 2.53. The molecule has 2 aromatic heterocycles. The van der Waals surface area contributed by atoms with E-state index in [0.717, 1.165) is 0 Å². The molecule has 0 fully saturated rings. The van der Waals surface area contributed by atoms with E-state index in [1.54, 1.807) is 6.07 Å². The molecule has 0 aliphatic carbocycles. The molecule has 0 radical (unpaired) electrons. The van der Waals surface area contributed by atoms with Crippen LogP contribution in [0.1, 0.15) is 0 Å². The molecule has 0 aliphatic rings. The molecule has 0 amide bonds. The Kier molecular flexibility index (Phi) is 2.83. The summed E-state index contributed by atoms with van der Waals surface area (Å²) in [6, 6.07) is 4.40. The fraction of sp³-hybridized carbons (Fsp3) is 0. The van der Waals surface area contributed by atoms with Crippen LogP contribution in [-0.2, 0) is 0 Å². The van der Waals surface area contributed by atoms with E-state index < -0.39 is 11.4 Å². The molecule has 0 atom stereocenters. The Balaban J connectivity index is 2.31. The van der Waals surface area contributed by atoms with Crippen LogP contribution in [0.25, 0.3) is 22.6 Å². The minimum atomic E-state index is -0.545. The van der Waals surface area contributed by atoms with Gasteiger partial charge in [-0.1, -0.05) is 15.9 Å². The minimum Gasteiger partial charge on any atom is -0.322 e. The van der Waals surface area contributed by atoms with E-state index in [1.807, 2.05) is 0 Å². The number of hydrogen-bond donors (Lipinski definition) is 1. The molecule has 7 heteroatoms. The molecule has 2 heterocycles. The van der Waals surface area contributed by atoms with Crippen LogP contribution in [0.2, 0.25) is 0 Å². The van der Waals surface area contributed by atoms with Crippen LogP contribution in [0.15, 0.2) is 39.9 Å². The van der Waals surface area contributed by atoms with Crippen LogP contribution < -0.4 is 5.56 Å². The summed E-state index contributed by atoms with van der Waals surface area (Å²) in [5.41, 5.74) is 0.0498. The summed E-state index contributed by atoms with van der Waals surface area (Å²) in [7, 11) is 0. The van der Waals surface area contributed by atoms with Crippen molar-refractivity contribution in [1.82, 2.24) is 19.9 Å². The SMILES string of the molecule is O=c1nc(-c2cc(Br)ccc2F)[nH]c2nccnc12. The highest BCUT2D eigenvalue weighted by molar-refractivity contribution is 9.10. The van der Waals surface area contributed by atoms with Gasteiger partial charge < -0.3 is 4.98 Å². The fourth-order valence-electron chi connectivity index (χ4n) is 1.69. The first-order valence-electron chi connectivity index (χ1n) is 5.31. The van der Waals surface area contributed by atoms with E-state index in [2.05, 4.69) is 35.9 Å². The standard InChI is InChI=1S/C12H6BrFN4O/c13-6-1-2-8(14)7(5-6)10-17-11-9(12(19)18-10)15-3-4-16-11/h1-5H,(H,16,17,18,19). The van der Waals surface area contributed by atoms with E-state index >= 15 is 0 Å². The van der Waals surface area contributed by atoms with E-state index in [0.29, 0.717) is 4.47 Å². The molecule has 0 bridgehead atoms. The third-order valence-corrected chi connectivity index (χ3v) is 3.03. The Morgan fingerprint density at radius 1 is 1.21 bits per heavy atom. The van der Waals surface area contributed by atoms with E-state index in [4.69, 9.17) is 0 Å². The zero-order valence-electron chi connectivity index (χ0n) is 9.39. The van der Waals surface area contributed by atoms with Crippen molar-refractivity contribution in [1.29, 1.82) is 0 Å². The van der Waals surface area contributed by atoms with Gasteiger partial charge in [0, 0.05) is 16.9 Å². The van der Waals surface area contributed by atoms with Crippen molar-refractivity contribution in [3.05, 3.63) is 51.2 Å². The lowest BCUT2D eigenvalue weighted by Gasteiger charge is -2.04. The Hall–Kier alpha value is -2.15. The summed E-state index contributed by atoms with van der Waals surface area (Å²) in [5.74, 6) is -0.355. The van der Waals surface area contributed by atoms with Gasteiger partial charge in [0.05, 0.1) is 5.56 Å². The molecule has 0 saturated carbocycles. The molecule has 1 N–H and O–H groups in total. The smallest absolute Gasteiger partial charge is 0.301 e. The average molecular weight is 321 g/mol. The first kappa shape index (κ1) is 11.9. The lowest BCUT2D eigenvalue weighted by atomic mass is 10.2. The summed E-state index contributed by atoms with van der Waals surface area (Å²) < 4.78 is 14.5. The second-order valence-electron chi connectivity index (χ2n) is 3.77. The largest absolute Gasteiger partial charge is 0.322 e. The van der Waals surface area contributed by atoms with Crippen molar-refractivity contribution in [2.45, 2.75) is 0 Å². The number of rotatable bonds is 1. The molecule has 5 nitrogen and oxygen atoms in total. The number of aromatic nitrogens is 4. The second-order valence-corrected chi connectivity index (χ2v) is 4.68. The monoisotopic (exact) mass is 320 g/mol. The minimum absolute atomic E-state index is 0.122. The predicted molar refractivity (Wildman–Crippen MR) is 71.0 cm³/mol. The summed E-state index contributed by atoms with van der Waals surface area (Å²) >= 11 is 3.25. The number of aromatic amines is 1. The molecule has 0 spiro atoms. The number of nitrogens with zero attached hydrogens (tertiary/aromatic N) is 3. The molecule has 1 aromatic carbocycles. The predicted octanol–water partition coefficient (Wildman–Crippen LogP) is 2.28. The van der Waals surface area contributed by atoms with Crippen LogP contribution in [0, 0.1) is 5.82 Å². The summed E-state index contributed by atoms with van der Waals surface area (Å²) in [6.45, 7) is 0. The van der Waals surface area contributed by atoms with E-state index in [1.165, 1.54) is 24.5 Å². The fourth-order valence-corrected chi connectivity index (χ4v) is 2.05. The highest BCUT2D eigenvalue weighted by Gasteiger charge is 2.11. The molecule has 19 heavy (non-hydrogen) atoms. The molecular formula is C12H6BrFN4O. The van der Waals surface area contributed by atoms with Crippen LogP contribution >= 0.6 is 15.9 Å². The second kappa shape index (κ2) is 4.51. The van der Waals surface area contributed by atoms with Gasteiger partial charge >= 0.3 is 5.56 Å². The average Bonchev–Trinajstić information content (AvgIpc) is 2.41. The molecule has 0 saturated heterocycles. The van der Waals surface area contributed by atoms with Crippen molar-refractivity contribution >= 4 is 27.1 Å². The maximum absolute atomic E-state index is 13.8. The van der Waals surface area contributed by atoms with Gasteiger partial charge in [0.25, 0.3) is 0 Å². The molecule has 94 valence electrons. The lowest BCUT2D eigenvalue weighted by Crippen LogP contribution is -2.12. The van der Waals surface area contributed by atoms with Crippen molar-refractivity contribution < 1.29 is 4.39 Å². The summed E-state index contributed by atoms with van der Waals surface area (Å²) in [6.07, 6.45) is 2.85. The number of H-pyrrole nitrogens is 1. The van der Waals surface area contributed by atoms with Gasteiger partial charge in [-0.2, -0.15) is 4.98 Å². The first-order valence-corrected chi connectivity index (χ1v) is 6.11. The highest BCUT2D eigenvalue weighted by Crippen LogP contribution is 2.23. The van der Waals surface area contributed by atoms with Crippen molar-refractivity contribution in [3.8, 4) is 11.4 Å². The van der Waals surface area contributed by atoms with Gasteiger partial charge in [-0.15, -0.1) is 0 Å². The summed E-state index contributed by atoms with van der Waals surface area (Å²) in [4.78, 5) is 26.3. The number of halogens is 2. The molecule has 0 aliphatic heterocycles. The number of fused-ring (bicyclic) bond motifs is 1. The maximum atomic E-state index is 13.8. The van der Waals surface area contributed by atoms with Gasteiger partial charge in [-0.25, -0.2) is 14.4 Å². The normalized spacial score (nSPS) is 10.8. The number of benzene rings is 1. The van der Waals surface area contributed by atoms with Gasteiger partial charge in [0.2, 0.25) is 0 Å². The quantitative estimate of drug-likeness (QED) is 0.746. The Morgan fingerprint density at radius 3 is 2.84 bits per heavy atom. The van der Waals surface area contributed by atoms with E-state index in [-0.39, 0.29) is 22.6 Å². The molecular weight excluding hydrogens is 315 g/mol. The van der Waals surface area contributed by atoms with Crippen LogP contribution in [0.5, 0.6) is 0 Å². The summed E-state index contributed by atoms with van der Waals surface area (Å²) in [5, 5.41) is 0. The lowest BCUT2D eigenvalue weighted by molar-refractivity contribution is 0.629. The third kappa shape index (κ3) is 2.12. The Bertz CT molecular complexity index is 833. The van der Waals surface area contributed by atoms with Gasteiger partial charge in [0.15, 0.2) is 11.2 Å². The topological polar surface area (TPSA) is 71.5 Å². The number of nitrogens with one attached hydrogen (secondary N) is 1.